The van der Waals surface area contributed by atoms with Gasteiger partial charge >= 0.3 is 5.97 Å². The summed E-state index contributed by atoms with van der Waals surface area (Å²) in [5.74, 6) is -0.174. The summed E-state index contributed by atoms with van der Waals surface area (Å²) in [7, 11) is 0. The molecule has 1 aromatic heterocycles. The highest BCUT2D eigenvalue weighted by atomic mass is 16.5. The van der Waals surface area contributed by atoms with E-state index >= 15 is 0 Å². The largest absolute Gasteiger partial charge is 0.492 e. The van der Waals surface area contributed by atoms with Crippen molar-refractivity contribution in [2.45, 2.75) is 26.3 Å². The number of carboxylic acids is 1. The van der Waals surface area contributed by atoms with E-state index in [9.17, 15) is 14.7 Å². The Morgan fingerprint density at radius 3 is 2.92 bits per heavy atom. The molecule has 0 radical (unpaired) electrons. The summed E-state index contributed by atoms with van der Waals surface area (Å²) in [6.45, 7) is 5.32. The molecule has 2 aromatic rings. The lowest BCUT2D eigenvalue weighted by atomic mass is 9.73. The maximum Gasteiger partial charge on any atom is 0.315 e. The number of fused-ring (bicyclic) bond motifs is 3. The first kappa shape index (κ1) is 16.8. The van der Waals surface area contributed by atoms with Gasteiger partial charge in [-0.3, -0.25) is 14.5 Å². The van der Waals surface area contributed by atoms with Crippen molar-refractivity contribution in [1.29, 1.82) is 0 Å². The Balaban J connectivity index is 1.67. The number of likely N-dealkylation sites (tertiary alicyclic amines) is 1. The van der Waals surface area contributed by atoms with Crippen LogP contribution in [0.3, 0.4) is 0 Å². The molecule has 2 unspecified atom stereocenters. The van der Waals surface area contributed by atoms with Gasteiger partial charge in [0.05, 0.1) is 0 Å². The summed E-state index contributed by atoms with van der Waals surface area (Å²) in [5.41, 5.74) is 2.27. The van der Waals surface area contributed by atoms with Gasteiger partial charge in [0.1, 0.15) is 17.8 Å². The number of carboxylic acid groups (broad SMARTS) is 1. The first-order chi connectivity index (χ1) is 12.4. The van der Waals surface area contributed by atoms with Crippen LogP contribution in [0.15, 0.2) is 35.3 Å². The molecule has 1 aromatic carbocycles. The molecule has 2 N–H and O–H groups in total. The molecule has 136 valence electrons. The van der Waals surface area contributed by atoms with Gasteiger partial charge in [-0.15, -0.1) is 0 Å². The molecule has 3 heterocycles. The minimum atomic E-state index is -0.951. The van der Waals surface area contributed by atoms with E-state index in [1.165, 1.54) is 0 Å². The fourth-order valence-corrected chi connectivity index (χ4v) is 4.24. The second-order valence-electron chi connectivity index (χ2n) is 7.41. The van der Waals surface area contributed by atoms with Crippen molar-refractivity contribution in [2.75, 3.05) is 19.7 Å². The predicted molar refractivity (Wildman–Crippen MR) is 96.6 cm³/mol. The average Bonchev–Trinajstić information content (AvgIpc) is 3.02. The van der Waals surface area contributed by atoms with Crippen molar-refractivity contribution in [3.8, 4) is 5.75 Å². The number of nitrogens with zero attached hydrogens (tertiary/aromatic N) is 1. The fourth-order valence-electron chi connectivity index (χ4n) is 4.24. The second-order valence-corrected chi connectivity index (χ2v) is 7.41. The molecular weight excluding hydrogens is 332 g/mol. The summed E-state index contributed by atoms with van der Waals surface area (Å²) >= 11 is 0. The van der Waals surface area contributed by atoms with E-state index in [-0.39, 0.29) is 18.0 Å². The van der Waals surface area contributed by atoms with Gasteiger partial charge in [0.2, 0.25) is 0 Å². The number of pyridine rings is 1. The Hall–Kier alpha value is -2.60. The summed E-state index contributed by atoms with van der Waals surface area (Å²) in [6, 6.07) is 7.68. The van der Waals surface area contributed by atoms with Crippen LogP contribution in [0.1, 0.15) is 28.3 Å². The highest BCUT2D eigenvalue weighted by molar-refractivity contribution is 5.78. The fraction of sp³-hybridized carbons (Fsp3) is 0.400. The standard InChI is InChI=1S/C20H22N2O4/c1-12-7-21-16(13(2)18(12)23)9-22-8-15-14-5-3-4-6-17(14)26-11-20(15,10-22)19(24)25/h3-7,15H,8-11H2,1-2H3,(H,21,23)(H,24,25). The zero-order valence-corrected chi connectivity index (χ0v) is 14.9. The number of aromatic nitrogens is 1. The van der Waals surface area contributed by atoms with E-state index in [2.05, 4.69) is 9.88 Å². The van der Waals surface area contributed by atoms with Crippen molar-refractivity contribution in [1.82, 2.24) is 9.88 Å². The second kappa shape index (κ2) is 5.99. The van der Waals surface area contributed by atoms with Crippen LogP contribution in [0.25, 0.3) is 0 Å². The van der Waals surface area contributed by atoms with Gasteiger partial charge in [0.25, 0.3) is 0 Å². The van der Waals surface area contributed by atoms with Gasteiger partial charge in [-0.2, -0.15) is 0 Å². The molecule has 6 heteroatoms. The number of nitrogens with one attached hydrogen (secondary N) is 1. The first-order valence-corrected chi connectivity index (χ1v) is 8.77. The van der Waals surface area contributed by atoms with Crippen LogP contribution < -0.4 is 10.2 Å². The zero-order valence-electron chi connectivity index (χ0n) is 14.9. The molecule has 6 nitrogen and oxygen atoms in total. The molecule has 2 aliphatic heterocycles. The normalized spacial score (nSPS) is 24.6. The molecule has 0 spiro atoms. The van der Waals surface area contributed by atoms with Gasteiger partial charge in [0.15, 0.2) is 5.43 Å². The number of benzene rings is 1. The molecule has 0 aliphatic carbocycles. The number of aryl methyl sites for hydroxylation is 1. The van der Waals surface area contributed by atoms with Crippen LogP contribution in [0.4, 0.5) is 0 Å². The SMILES string of the molecule is Cc1c[nH]c(CN2CC3c4ccccc4OCC3(C(=O)O)C2)c(C)c1=O. The number of aromatic amines is 1. The lowest BCUT2D eigenvalue weighted by Gasteiger charge is -2.35. The lowest BCUT2D eigenvalue weighted by molar-refractivity contribution is -0.151. The maximum absolute atomic E-state index is 12.2. The Kier molecular flexibility index (Phi) is 3.88. The number of hydrogen-bond donors (Lipinski definition) is 2. The van der Waals surface area contributed by atoms with E-state index in [1.54, 1.807) is 13.1 Å². The Labute approximate surface area is 151 Å². The molecular formula is C20H22N2O4. The molecule has 26 heavy (non-hydrogen) atoms. The number of rotatable bonds is 3. The summed E-state index contributed by atoms with van der Waals surface area (Å²) in [6.07, 6.45) is 1.72. The first-order valence-electron chi connectivity index (χ1n) is 8.77. The highest BCUT2D eigenvalue weighted by Gasteiger charge is 2.56. The monoisotopic (exact) mass is 354 g/mol. The number of H-pyrrole nitrogens is 1. The minimum Gasteiger partial charge on any atom is -0.492 e. The van der Waals surface area contributed by atoms with Gasteiger partial charge in [-0.25, -0.2) is 0 Å². The molecule has 0 bridgehead atoms. The number of ether oxygens (including phenoxy) is 1. The highest BCUT2D eigenvalue weighted by Crippen LogP contribution is 2.49. The smallest absolute Gasteiger partial charge is 0.315 e. The van der Waals surface area contributed by atoms with Crippen molar-refractivity contribution in [3.63, 3.8) is 0 Å². The van der Waals surface area contributed by atoms with Gasteiger partial charge in [0, 0.05) is 48.6 Å². The minimum absolute atomic E-state index is 0.0389. The van der Waals surface area contributed by atoms with Crippen LogP contribution in [-0.2, 0) is 11.3 Å². The summed E-state index contributed by atoms with van der Waals surface area (Å²) < 4.78 is 5.79. The van der Waals surface area contributed by atoms with Crippen LogP contribution in [0.2, 0.25) is 0 Å². The molecule has 1 fully saturated rings. The van der Waals surface area contributed by atoms with Crippen LogP contribution >= 0.6 is 0 Å². The van der Waals surface area contributed by atoms with Gasteiger partial charge < -0.3 is 14.8 Å². The number of para-hydroxylation sites is 1. The van der Waals surface area contributed by atoms with Crippen LogP contribution in [0, 0.1) is 19.3 Å². The number of hydrogen-bond acceptors (Lipinski definition) is 4. The van der Waals surface area contributed by atoms with E-state index in [0.29, 0.717) is 30.8 Å². The van der Waals surface area contributed by atoms with Crippen molar-refractivity contribution < 1.29 is 14.6 Å². The van der Waals surface area contributed by atoms with E-state index in [4.69, 9.17) is 4.74 Å². The third-order valence-electron chi connectivity index (χ3n) is 5.82. The summed E-state index contributed by atoms with van der Waals surface area (Å²) in [4.78, 5) is 29.7. The Morgan fingerprint density at radius 2 is 2.15 bits per heavy atom. The summed E-state index contributed by atoms with van der Waals surface area (Å²) in [5, 5.41) is 9.98. The lowest BCUT2D eigenvalue weighted by Crippen LogP contribution is -2.45. The molecule has 0 amide bonds. The zero-order chi connectivity index (χ0) is 18.5. The predicted octanol–water partition coefficient (Wildman–Crippen LogP) is 2.05. The van der Waals surface area contributed by atoms with Crippen molar-refractivity contribution in [2.24, 2.45) is 5.41 Å². The van der Waals surface area contributed by atoms with Crippen molar-refractivity contribution >= 4 is 5.97 Å². The third kappa shape index (κ3) is 2.44. The Morgan fingerprint density at radius 1 is 1.38 bits per heavy atom. The van der Waals surface area contributed by atoms with Crippen molar-refractivity contribution in [3.05, 3.63) is 63.1 Å². The topological polar surface area (TPSA) is 82.6 Å². The van der Waals surface area contributed by atoms with Gasteiger partial charge in [-0.05, 0) is 25.5 Å². The molecule has 1 saturated heterocycles. The number of aliphatic carboxylic acids is 1. The molecule has 2 aliphatic rings. The maximum atomic E-state index is 12.2. The quantitative estimate of drug-likeness (QED) is 0.882. The molecule has 2 atom stereocenters. The third-order valence-corrected chi connectivity index (χ3v) is 5.82. The van der Waals surface area contributed by atoms with Crippen LogP contribution in [-0.4, -0.2) is 40.7 Å². The van der Waals surface area contributed by atoms with E-state index < -0.39 is 11.4 Å². The van der Waals surface area contributed by atoms with Gasteiger partial charge in [-0.1, -0.05) is 18.2 Å². The molecule has 0 saturated carbocycles. The van der Waals surface area contributed by atoms with E-state index in [1.807, 2.05) is 31.2 Å². The number of carbonyl (C=O) groups is 1. The molecule has 4 rings (SSSR count). The Bertz CT molecular complexity index is 936. The van der Waals surface area contributed by atoms with E-state index in [0.717, 1.165) is 17.0 Å². The average molecular weight is 354 g/mol. The van der Waals surface area contributed by atoms with Crippen LogP contribution in [0.5, 0.6) is 5.75 Å².